The third-order valence-electron chi connectivity index (χ3n) is 8.33. The van der Waals surface area contributed by atoms with Crippen molar-refractivity contribution in [1.82, 2.24) is 9.80 Å². The highest BCUT2D eigenvalue weighted by atomic mass is 19.1. The average molecular weight is 403 g/mol. The molecule has 4 saturated carbocycles. The lowest BCUT2D eigenvalue weighted by Gasteiger charge is -2.59. The maximum atomic E-state index is 14.5. The molecule has 4 nitrogen and oxygen atoms in total. The minimum absolute atomic E-state index is 0.196. The summed E-state index contributed by atoms with van der Waals surface area (Å²) in [6.45, 7) is 3.86. The van der Waals surface area contributed by atoms with E-state index in [0.29, 0.717) is 18.3 Å². The molecule has 1 heterocycles. The van der Waals surface area contributed by atoms with E-state index in [9.17, 15) is 9.50 Å². The van der Waals surface area contributed by atoms with Gasteiger partial charge >= 0.3 is 0 Å². The number of hydrogen-bond acceptors (Lipinski definition) is 4. The predicted octanol–water partition coefficient (Wildman–Crippen LogP) is 3.53. The molecule has 29 heavy (non-hydrogen) atoms. The summed E-state index contributed by atoms with van der Waals surface area (Å²) in [6.07, 6.45) is 8.04. The van der Waals surface area contributed by atoms with Gasteiger partial charge in [-0.05, 0) is 68.3 Å². The van der Waals surface area contributed by atoms with Gasteiger partial charge < -0.3 is 9.84 Å². The molecular formula is C24H35FN2O2. The number of rotatable bonds is 6. The van der Waals surface area contributed by atoms with Gasteiger partial charge in [-0.3, -0.25) is 9.80 Å². The fraction of sp³-hybridized carbons (Fsp3) is 0.750. The Morgan fingerprint density at radius 3 is 2.41 bits per heavy atom. The Morgan fingerprint density at radius 2 is 1.79 bits per heavy atom. The molecule has 1 aliphatic heterocycles. The number of methoxy groups -OCH3 is 1. The van der Waals surface area contributed by atoms with Crippen LogP contribution in [0.2, 0.25) is 0 Å². The van der Waals surface area contributed by atoms with E-state index in [2.05, 4.69) is 9.80 Å². The Bertz CT molecular complexity index is 699. The smallest absolute Gasteiger partial charge is 0.131 e. The number of piperazine rings is 1. The van der Waals surface area contributed by atoms with Crippen molar-refractivity contribution < 1.29 is 14.2 Å². The van der Waals surface area contributed by atoms with E-state index >= 15 is 0 Å². The van der Waals surface area contributed by atoms with E-state index in [0.717, 1.165) is 61.3 Å². The zero-order valence-electron chi connectivity index (χ0n) is 17.6. The lowest BCUT2D eigenvalue weighted by molar-refractivity contribution is -0.0876. The molecule has 0 aromatic heterocycles. The zero-order chi connectivity index (χ0) is 20.0. The van der Waals surface area contributed by atoms with Crippen molar-refractivity contribution in [3.05, 3.63) is 29.6 Å². The standard InChI is InChI=1S/C24H35FN2O2/c1-29-22-3-2-18(23(25)13-22)14-26-5-6-27(15-21(26)4-7-28)24-19-9-16-8-17(11-19)12-20(24)10-16/h2-3,13,16-17,19-21,24,28H,4-12,14-15H2,1H3. The van der Waals surface area contributed by atoms with Crippen molar-refractivity contribution >= 4 is 0 Å². The number of halogens is 1. The van der Waals surface area contributed by atoms with Gasteiger partial charge in [0.05, 0.1) is 7.11 Å². The highest BCUT2D eigenvalue weighted by Crippen LogP contribution is 2.55. The van der Waals surface area contributed by atoms with Crippen LogP contribution in [0.4, 0.5) is 4.39 Å². The van der Waals surface area contributed by atoms with Gasteiger partial charge in [0.15, 0.2) is 0 Å². The maximum absolute atomic E-state index is 14.5. The van der Waals surface area contributed by atoms with Crippen molar-refractivity contribution in [3.8, 4) is 5.75 Å². The molecule has 1 aromatic carbocycles. The van der Waals surface area contributed by atoms with Crippen molar-refractivity contribution in [1.29, 1.82) is 0 Å². The van der Waals surface area contributed by atoms with Crippen molar-refractivity contribution in [2.75, 3.05) is 33.4 Å². The number of hydrogen-bond donors (Lipinski definition) is 1. The largest absolute Gasteiger partial charge is 0.497 e. The predicted molar refractivity (Wildman–Crippen MR) is 111 cm³/mol. The summed E-state index contributed by atoms with van der Waals surface area (Å²) >= 11 is 0. The lowest BCUT2D eigenvalue weighted by Crippen LogP contribution is -2.62. The molecule has 1 saturated heterocycles. The molecule has 4 bridgehead atoms. The van der Waals surface area contributed by atoms with E-state index < -0.39 is 0 Å². The topological polar surface area (TPSA) is 35.9 Å². The van der Waals surface area contributed by atoms with E-state index in [1.54, 1.807) is 7.11 Å². The van der Waals surface area contributed by atoms with Crippen LogP contribution in [0.1, 0.15) is 44.1 Å². The van der Waals surface area contributed by atoms with Crippen LogP contribution in [0.15, 0.2) is 18.2 Å². The van der Waals surface area contributed by atoms with Gasteiger partial charge in [0.1, 0.15) is 11.6 Å². The molecule has 1 atom stereocenters. The molecule has 1 aromatic rings. The molecule has 0 spiro atoms. The Labute approximate surface area is 174 Å². The number of nitrogens with zero attached hydrogens (tertiary/aromatic N) is 2. The lowest BCUT2D eigenvalue weighted by atomic mass is 9.53. The van der Waals surface area contributed by atoms with E-state index in [1.807, 2.05) is 12.1 Å². The van der Waals surface area contributed by atoms with Crippen molar-refractivity contribution in [2.45, 2.75) is 57.2 Å². The number of aliphatic hydroxyl groups excluding tert-OH is 1. The summed E-state index contributed by atoms with van der Waals surface area (Å²) in [5, 5.41) is 9.69. The van der Waals surface area contributed by atoms with Gasteiger partial charge in [0, 0.05) is 56.5 Å². The van der Waals surface area contributed by atoms with E-state index in [-0.39, 0.29) is 12.4 Å². The van der Waals surface area contributed by atoms with Crippen LogP contribution < -0.4 is 4.74 Å². The minimum atomic E-state index is -0.199. The molecule has 160 valence electrons. The third kappa shape index (κ3) is 3.82. The summed E-state index contributed by atoms with van der Waals surface area (Å²) in [4.78, 5) is 5.14. The molecule has 0 radical (unpaired) electrons. The molecule has 0 amide bonds. The second-order valence-electron chi connectivity index (χ2n) is 10.0. The van der Waals surface area contributed by atoms with Crippen LogP contribution in [-0.2, 0) is 6.54 Å². The fourth-order valence-corrected chi connectivity index (χ4v) is 7.31. The normalized spacial score (nSPS) is 37.2. The third-order valence-corrected chi connectivity index (χ3v) is 8.33. The summed E-state index contributed by atoms with van der Waals surface area (Å²) in [6, 6.07) is 6.20. The second kappa shape index (κ2) is 8.16. The van der Waals surface area contributed by atoms with Gasteiger partial charge in [-0.1, -0.05) is 6.07 Å². The highest BCUT2D eigenvalue weighted by molar-refractivity contribution is 5.29. The summed E-state index contributed by atoms with van der Waals surface area (Å²) in [7, 11) is 1.56. The first-order valence-corrected chi connectivity index (χ1v) is 11.6. The maximum Gasteiger partial charge on any atom is 0.131 e. The highest BCUT2D eigenvalue weighted by Gasteiger charge is 2.50. The minimum Gasteiger partial charge on any atom is -0.497 e. The van der Waals surface area contributed by atoms with Crippen LogP contribution >= 0.6 is 0 Å². The van der Waals surface area contributed by atoms with Crippen LogP contribution in [0.5, 0.6) is 5.75 Å². The van der Waals surface area contributed by atoms with Gasteiger partial charge in [-0.15, -0.1) is 0 Å². The van der Waals surface area contributed by atoms with Crippen LogP contribution in [0, 0.1) is 29.5 Å². The van der Waals surface area contributed by atoms with Crippen molar-refractivity contribution in [3.63, 3.8) is 0 Å². The molecule has 4 aliphatic carbocycles. The van der Waals surface area contributed by atoms with E-state index in [4.69, 9.17) is 4.74 Å². The molecule has 5 aliphatic rings. The van der Waals surface area contributed by atoms with Crippen molar-refractivity contribution in [2.24, 2.45) is 23.7 Å². The molecule has 1 N–H and O–H groups in total. The number of ether oxygens (including phenoxy) is 1. The Balaban J connectivity index is 1.28. The quantitative estimate of drug-likeness (QED) is 0.790. The fourth-order valence-electron chi connectivity index (χ4n) is 7.31. The van der Waals surface area contributed by atoms with Gasteiger partial charge in [-0.2, -0.15) is 0 Å². The SMILES string of the molecule is COc1ccc(CN2CCN(C3C4CC5CC(C4)CC3C5)CC2CCO)c(F)c1. The summed E-state index contributed by atoms with van der Waals surface area (Å²) in [5.41, 5.74) is 0.719. The molecule has 6 rings (SSSR count). The number of benzene rings is 1. The van der Waals surface area contributed by atoms with Gasteiger partial charge in [0.2, 0.25) is 0 Å². The van der Waals surface area contributed by atoms with Gasteiger partial charge in [-0.25, -0.2) is 4.39 Å². The first kappa shape index (κ1) is 19.8. The zero-order valence-corrected chi connectivity index (χ0v) is 17.6. The van der Waals surface area contributed by atoms with E-state index in [1.165, 1.54) is 38.2 Å². The monoisotopic (exact) mass is 402 g/mol. The molecule has 1 unspecified atom stereocenters. The Morgan fingerprint density at radius 1 is 1.07 bits per heavy atom. The second-order valence-corrected chi connectivity index (χ2v) is 10.0. The average Bonchev–Trinajstić information content (AvgIpc) is 2.70. The first-order valence-electron chi connectivity index (χ1n) is 11.6. The summed E-state index contributed by atoms with van der Waals surface area (Å²) < 4.78 is 19.6. The Kier molecular flexibility index (Phi) is 5.57. The van der Waals surface area contributed by atoms with Gasteiger partial charge in [0.25, 0.3) is 0 Å². The van der Waals surface area contributed by atoms with Crippen LogP contribution in [0.3, 0.4) is 0 Å². The number of aliphatic hydroxyl groups is 1. The Hall–Kier alpha value is -1.17. The summed E-state index contributed by atoms with van der Waals surface area (Å²) in [5.74, 6) is 4.15. The molecule has 5 fully saturated rings. The van der Waals surface area contributed by atoms with Crippen LogP contribution in [-0.4, -0.2) is 60.3 Å². The van der Waals surface area contributed by atoms with Crippen LogP contribution in [0.25, 0.3) is 0 Å². The molecular weight excluding hydrogens is 367 g/mol. The first-order chi connectivity index (χ1) is 14.1. The molecule has 5 heteroatoms.